The van der Waals surface area contributed by atoms with Gasteiger partial charge in [0, 0.05) is 6.07 Å². The normalized spacial score (nSPS) is 13.6. The van der Waals surface area contributed by atoms with Crippen molar-refractivity contribution < 1.29 is 18.9 Å². The number of hydrogen-bond acceptors (Lipinski definition) is 6. The summed E-state index contributed by atoms with van der Waals surface area (Å²) < 4.78 is 5.36. The Morgan fingerprint density at radius 2 is 2.00 bits per heavy atom. The number of imide groups is 1. The first-order valence-electron chi connectivity index (χ1n) is 6.46. The SMILES string of the molecule is Cc1nc(CN2C(=O)c3cccc([N+](=O)[O-])c3C2=O)oc1C. The van der Waals surface area contributed by atoms with E-state index in [4.69, 9.17) is 4.42 Å². The summed E-state index contributed by atoms with van der Waals surface area (Å²) in [5.74, 6) is -0.484. The lowest BCUT2D eigenvalue weighted by molar-refractivity contribution is -0.385. The highest BCUT2D eigenvalue weighted by Gasteiger charge is 2.41. The Kier molecular flexibility index (Phi) is 3.01. The second-order valence-electron chi connectivity index (χ2n) is 4.90. The van der Waals surface area contributed by atoms with E-state index in [9.17, 15) is 19.7 Å². The third-order valence-corrected chi connectivity index (χ3v) is 3.54. The van der Waals surface area contributed by atoms with Gasteiger partial charge in [0.15, 0.2) is 0 Å². The van der Waals surface area contributed by atoms with Crippen molar-refractivity contribution in [2.45, 2.75) is 20.4 Å². The van der Waals surface area contributed by atoms with E-state index in [0.29, 0.717) is 11.5 Å². The fourth-order valence-corrected chi connectivity index (χ4v) is 2.35. The van der Waals surface area contributed by atoms with Crippen LogP contribution in [0.25, 0.3) is 0 Å². The van der Waals surface area contributed by atoms with Crippen LogP contribution < -0.4 is 0 Å². The highest BCUT2D eigenvalue weighted by atomic mass is 16.6. The summed E-state index contributed by atoms with van der Waals surface area (Å²) in [7, 11) is 0. The average molecular weight is 301 g/mol. The van der Waals surface area contributed by atoms with Crippen LogP contribution in [0.1, 0.15) is 38.1 Å². The van der Waals surface area contributed by atoms with Gasteiger partial charge in [0.1, 0.15) is 17.9 Å². The van der Waals surface area contributed by atoms with Crippen molar-refractivity contribution in [1.82, 2.24) is 9.88 Å². The molecule has 0 bridgehead atoms. The van der Waals surface area contributed by atoms with E-state index in [1.54, 1.807) is 13.8 Å². The predicted octanol–water partition coefficient (Wildman–Crippen LogP) is 2.00. The van der Waals surface area contributed by atoms with Gasteiger partial charge in [-0.15, -0.1) is 0 Å². The van der Waals surface area contributed by atoms with Gasteiger partial charge in [0.25, 0.3) is 17.5 Å². The molecule has 2 amide bonds. The lowest BCUT2D eigenvalue weighted by Gasteiger charge is -2.10. The largest absolute Gasteiger partial charge is 0.444 e. The molecule has 2 aromatic rings. The minimum atomic E-state index is -0.708. The molecule has 2 heterocycles. The van der Waals surface area contributed by atoms with E-state index in [1.807, 2.05) is 0 Å². The molecule has 1 aliphatic rings. The number of carbonyl (C=O) groups is 2. The van der Waals surface area contributed by atoms with Gasteiger partial charge in [-0.25, -0.2) is 4.98 Å². The highest BCUT2D eigenvalue weighted by molar-refractivity contribution is 6.23. The number of nitro benzene ring substituents is 1. The molecule has 0 atom stereocenters. The van der Waals surface area contributed by atoms with Gasteiger partial charge in [-0.2, -0.15) is 0 Å². The fourth-order valence-electron chi connectivity index (χ4n) is 2.35. The molecule has 0 radical (unpaired) electrons. The summed E-state index contributed by atoms with van der Waals surface area (Å²) in [6, 6.07) is 3.98. The molecule has 3 rings (SSSR count). The van der Waals surface area contributed by atoms with E-state index in [-0.39, 0.29) is 29.2 Å². The number of aromatic nitrogens is 1. The Balaban J connectivity index is 2.00. The maximum atomic E-state index is 12.4. The summed E-state index contributed by atoms with van der Waals surface area (Å²) in [6.07, 6.45) is 0. The van der Waals surface area contributed by atoms with Gasteiger partial charge in [-0.3, -0.25) is 24.6 Å². The van der Waals surface area contributed by atoms with Gasteiger partial charge in [-0.05, 0) is 19.9 Å². The molecule has 0 N–H and O–H groups in total. The van der Waals surface area contributed by atoms with Gasteiger partial charge in [-0.1, -0.05) is 6.07 Å². The number of rotatable bonds is 3. The summed E-state index contributed by atoms with van der Waals surface area (Å²) in [4.78, 5) is 40.0. The molecule has 0 unspecified atom stereocenters. The van der Waals surface area contributed by atoms with Gasteiger partial charge >= 0.3 is 0 Å². The number of nitrogens with zero attached hydrogens (tertiary/aromatic N) is 3. The maximum Gasteiger partial charge on any atom is 0.282 e. The molecule has 0 spiro atoms. The topological polar surface area (TPSA) is 107 Å². The lowest BCUT2D eigenvalue weighted by atomic mass is 10.1. The van der Waals surface area contributed by atoms with Crippen molar-refractivity contribution in [3.63, 3.8) is 0 Å². The van der Waals surface area contributed by atoms with Crippen LogP contribution in [-0.2, 0) is 6.54 Å². The molecule has 1 aromatic heterocycles. The first-order chi connectivity index (χ1) is 10.4. The van der Waals surface area contributed by atoms with Crippen LogP contribution in [0.15, 0.2) is 22.6 Å². The van der Waals surface area contributed by atoms with E-state index in [1.165, 1.54) is 18.2 Å². The van der Waals surface area contributed by atoms with Crippen molar-refractivity contribution >= 4 is 17.5 Å². The Morgan fingerprint density at radius 1 is 1.27 bits per heavy atom. The number of amides is 2. The number of nitro groups is 1. The fraction of sp³-hybridized carbons (Fsp3) is 0.214. The molecule has 1 aromatic carbocycles. The maximum absolute atomic E-state index is 12.4. The van der Waals surface area contributed by atoms with Crippen molar-refractivity contribution in [2.24, 2.45) is 0 Å². The van der Waals surface area contributed by atoms with Crippen LogP contribution >= 0.6 is 0 Å². The second-order valence-corrected chi connectivity index (χ2v) is 4.90. The van der Waals surface area contributed by atoms with Crippen molar-refractivity contribution in [2.75, 3.05) is 0 Å². The molecule has 0 saturated heterocycles. The number of oxazole rings is 1. The number of carbonyl (C=O) groups excluding carboxylic acids is 2. The van der Waals surface area contributed by atoms with E-state index in [2.05, 4.69) is 4.98 Å². The molecule has 0 fully saturated rings. The van der Waals surface area contributed by atoms with Crippen LogP contribution in [0.3, 0.4) is 0 Å². The van der Waals surface area contributed by atoms with Crippen molar-refractivity contribution in [3.8, 4) is 0 Å². The molecule has 0 aliphatic carbocycles. The number of aryl methyl sites for hydroxylation is 2. The van der Waals surface area contributed by atoms with Gasteiger partial charge in [0.05, 0.1) is 16.2 Å². The number of fused-ring (bicyclic) bond motifs is 1. The van der Waals surface area contributed by atoms with E-state index >= 15 is 0 Å². The molecule has 112 valence electrons. The third kappa shape index (κ3) is 1.96. The second kappa shape index (κ2) is 4.76. The molecular weight excluding hydrogens is 290 g/mol. The van der Waals surface area contributed by atoms with Crippen LogP contribution in [0.5, 0.6) is 0 Å². The average Bonchev–Trinajstić information content (AvgIpc) is 2.91. The first-order valence-corrected chi connectivity index (χ1v) is 6.46. The Morgan fingerprint density at radius 3 is 2.59 bits per heavy atom. The van der Waals surface area contributed by atoms with Gasteiger partial charge < -0.3 is 4.42 Å². The number of hydrogen-bond donors (Lipinski definition) is 0. The number of benzene rings is 1. The smallest absolute Gasteiger partial charge is 0.282 e. The first kappa shape index (κ1) is 13.9. The molecule has 22 heavy (non-hydrogen) atoms. The molecule has 8 heteroatoms. The monoisotopic (exact) mass is 301 g/mol. The third-order valence-electron chi connectivity index (χ3n) is 3.54. The van der Waals surface area contributed by atoms with Crippen LogP contribution in [-0.4, -0.2) is 26.6 Å². The summed E-state index contributed by atoms with van der Waals surface area (Å²) >= 11 is 0. The zero-order valence-electron chi connectivity index (χ0n) is 11.8. The quantitative estimate of drug-likeness (QED) is 0.487. The highest BCUT2D eigenvalue weighted by Crippen LogP contribution is 2.31. The molecule has 8 nitrogen and oxygen atoms in total. The van der Waals surface area contributed by atoms with Crippen LogP contribution in [0.4, 0.5) is 5.69 Å². The summed E-state index contributed by atoms with van der Waals surface area (Å²) in [6.45, 7) is 3.31. The lowest BCUT2D eigenvalue weighted by Crippen LogP contribution is -2.29. The van der Waals surface area contributed by atoms with Gasteiger partial charge in [0.2, 0.25) is 5.89 Å². The molecular formula is C14H11N3O5. The van der Waals surface area contributed by atoms with E-state index < -0.39 is 16.7 Å². The summed E-state index contributed by atoms with van der Waals surface area (Å²) in [5.41, 5.74) is 0.132. The Hall–Kier alpha value is -3.03. The zero-order valence-corrected chi connectivity index (χ0v) is 11.8. The van der Waals surface area contributed by atoms with Crippen molar-refractivity contribution in [3.05, 3.63) is 56.8 Å². The Bertz CT molecular complexity index is 804. The summed E-state index contributed by atoms with van der Waals surface area (Å²) in [5, 5.41) is 11.0. The minimum Gasteiger partial charge on any atom is -0.444 e. The van der Waals surface area contributed by atoms with Crippen LogP contribution in [0, 0.1) is 24.0 Å². The molecule has 0 saturated carbocycles. The standard InChI is InChI=1S/C14H11N3O5/c1-7-8(2)22-11(15-7)6-16-13(18)9-4-3-5-10(17(20)21)12(9)14(16)19/h3-5H,6H2,1-2H3. The Labute approximate surface area is 124 Å². The zero-order chi connectivity index (χ0) is 16.0. The van der Waals surface area contributed by atoms with Crippen molar-refractivity contribution in [1.29, 1.82) is 0 Å². The molecule has 1 aliphatic heterocycles. The van der Waals surface area contributed by atoms with E-state index in [0.717, 1.165) is 4.90 Å². The minimum absolute atomic E-state index is 0.0270. The van der Waals surface area contributed by atoms with Crippen LogP contribution in [0.2, 0.25) is 0 Å². The predicted molar refractivity (Wildman–Crippen MR) is 73.3 cm³/mol.